The Morgan fingerprint density at radius 2 is 1.08 bits per heavy atom. The third-order valence-electron chi connectivity index (χ3n) is 5.52. The fourth-order valence-corrected chi connectivity index (χ4v) is 9.52. The van der Waals surface area contributed by atoms with Gasteiger partial charge in [0.15, 0.2) is 0 Å². The molecule has 0 amide bonds. The van der Waals surface area contributed by atoms with Crippen LogP contribution in [0.5, 0.6) is 0 Å². The average Bonchev–Trinajstić information content (AvgIpc) is 3.06. The molecule has 138 valence electrons. The van der Waals surface area contributed by atoms with Crippen LogP contribution in [0.25, 0.3) is 12.2 Å². The zero-order chi connectivity index (χ0) is 16.5. The van der Waals surface area contributed by atoms with E-state index in [-0.39, 0.29) is 51.0 Å². The van der Waals surface area contributed by atoms with E-state index in [1.54, 1.807) is 0 Å². The first-order valence-corrected chi connectivity index (χ1v) is 11.5. The van der Waals surface area contributed by atoms with Gasteiger partial charge >= 0.3 is 26.2 Å². The van der Waals surface area contributed by atoms with E-state index in [0.29, 0.717) is 11.1 Å². The Morgan fingerprint density at radius 3 is 1.42 bits per heavy atom. The summed E-state index contributed by atoms with van der Waals surface area (Å²) in [6.07, 6.45) is 4.63. The van der Waals surface area contributed by atoms with E-state index >= 15 is 0 Å². The second-order valence-electron chi connectivity index (χ2n) is 7.82. The van der Waals surface area contributed by atoms with Crippen molar-refractivity contribution in [2.24, 2.45) is 0 Å². The van der Waals surface area contributed by atoms with Crippen LogP contribution in [0, 0.1) is 13.8 Å². The maximum atomic E-state index is 6.12. The maximum absolute atomic E-state index is 6.12. The number of allylic oxidation sites excluding steroid dienone is 2. The summed E-state index contributed by atoms with van der Waals surface area (Å²) < 4.78 is 12.2. The number of furan rings is 2. The summed E-state index contributed by atoms with van der Waals surface area (Å²) in [5.74, 6) is 4.39. The standard InChI is InChI=1S/C20H24O2Si.2ClH.Zr/c1-11-7-15-9-13(3)21-17(15)19(11)23(5,6)20-12(2)8-16-10-14(4)22-18(16)20;;;/h7-10,19-20H,1-6H3;2*1H;/q;;;+2/p-2. The first-order chi connectivity index (χ1) is 10.8. The van der Waals surface area contributed by atoms with E-state index in [0.717, 1.165) is 11.5 Å². The number of aryl methyl sites for hydroxylation is 2. The van der Waals surface area contributed by atoms with Gasteiger partial charge in [-0.3, -0.25) is 0 Å². The molecule has 0 saturated heterocycles. The van der Waals surface area contributed by atoms with Crippen molar-refractivity contribution in [3.63, 3.8) is 0 Å². The van der Waals surface area contributed by atoms with E-state index in [4.69, 9.17) is 8.83 Å². The Morgan fingerprint density at radius 1 is 0.731 bits per heavy atom. The quantitative estimate of drug-likeness (QED) is 0.558. The molecule has 2 aromatic rings. The molecule has 2 aliphatic rings. The van der Waals surface area contributed by atoms with Crippen LogP contribution in [0.2, 0.25) is 13.1 Å². The van der Waals surface area contributed by atoms with E-state index in [9.17, 15) is 0 Å². The van der Waals surface area contributed by atoms with Gasteiger partial charge in [0.05, 0.1) is 8.07 Å². The van der Waals surface area contributed by atoms with Gasteiger partial charge in [-0.15, -0.1) is 0 Å². The van der Waals surface area contributed by atoms with Gasteiger partial charge in [-0.05, 0) is 39.8 Å². The topological polar surface area (TPSA) is 26.3 Å². The van der Waals surface area contributed by atoms with Crippen LogP contribution >= 0.6 is 0 Å². The van der Waals surface area contributed by atoms with E-state index < -0.39 is 8.07 Å². The average molecular weight is 487 g/mol. The predicted molar refractivity (Wildman–Crippen MR) is 97.2 cm³/mol. The Hall–Kier alpha value is -0.280. The van der Waals surface area contributed by atoms with E-state index in [1.807, 2.05) is 13.8 Å². The molecule has 4 rings (SSSR count). The zero-order valence-corrected chi connectivity index (χ0v) is 21.0. The molecule has 0 saturated carbocycles. The summed E-state index contributed by atoms with van der Waals surface area (Å²) in [7, 11) is -1.76. The third-order valence-corrected chi connectivity index (χ3v) is 9.93. The summed E-state index contributed by atoms with van der Waals surface area (Å²) in [5, 5.41) is 0. The smallest absolute Gasteiger partial charge is 1.00 e. The second kappa shape index (κ2) is 7.99. The van der Waals surface area contributed by atoms with Gasteiger partial charge in [0, 0.05) is 22.2 Å². The first-order valence-electron chi connectivity index (χ1n) is 8.36. The summed E-state index contributed by atoms with van der Waals surface area (Å²) in [4.78, 5) is 0. The molecule has 2 aromatic heterocycles. The van der Waals surface area contributed by atoms with Crippen molar-refractivity contribution in [2.75, 3.05) is 0 Å². The minimum Gasteiger partial charge on any atom is -1.00 e. The fourth-order valence-electron chi connectivity index (χ4n) is 4.87. The minimum atomic E-state index is -1.76. The van der Waals surface area contributed by atoms with Gasteiger partial charge in [-0.1, -0.05) is 36.4 Å². The normalized spacial score (nSPS) is 20.2. The van der Waals surface area contributed by atoms with Gasteiger partial charge in [0.1, 0.15) is 23.0 Å². The molecule has 2 heterocycles. The van der Waals surface area contributed by atoms with Crippen molar-refractivity contribution in [2.45, 2.75) is 51.9 Å². The van der Waals surface area contributed by atoms with Crippen LogP contribution in [0.4, 0.5) is 0 Å². The molecule has 0 bridgehead atoms. The van der Waals surface area contributed by atoms with Crippen molar-refractivity contribution in [3.8, 4) is 0 Å². The molecule has 0 N–H and O–H groups in total. The largest absolute Gasteiger partial charge is 2.00 e. The number of hydrogen-bond acceptors (Lipinski definition) is 2. The maximum Gasteiger partial charge on any atom is 2.00 e. The molecule has 2 unspecified atom stereocenters. The second-order valence-corrected chi connectivity index (χ2v) is 12.6. The van der Waals surface area contributed by atoms with Gasteiger partial charge in [-0.25, -0.2) is 0 Å². The Balaban J connectivity index is 0.00000113. The van der Waals surface area contributed by atoms with Crippen molar-refractivity contribution in [3.05, 3.63) is 57.4 Å². The molecule has 6 heteroatoms. The van der Waals surface area contributed by atoms with Crippen LogP contribution in [0.15, 0.2) is 32.1 Å². The molecule has 0 radical (unpaired) electrons. The van der Waals surface area contributed by atoms with E-state index in [2.05, 4.69) is 51.2 Å². The van der Waals surface area contributed by atoms with Crippen molar-refractivity contribution in [1.82, 2.24) is 0 Å². The molecule has 26 heavy (non-hydrogen) atoms. The van der Waals surface area contributed by atoms with Gasteiger partial charge in [0.25, 0.3) is 0 Å². The molecular formula is C20H24Cl2O2SiZr. The van der Waals surface area contributed by atoms with Crippen molar-refractivity contribution >= 4 is 20.2 Å². The van der Waals surface area contributed by atoms with Gasteiger partial charge < -0.3 is 33.6 Å². The number of fused-ring (bicyclic) bond motifs is 2. The summed E-state index contributed by atoms with van der Waals surface area (Å²) >= 11 is 0. The molecule has 0 spiro atoms. The molecule has 0 aromatic carbocycles. The summed E-state index contributed by atoms with van der Waals surface area (Å²) in [6.45, 7) is 13.6. The number of rotatable bonds is 2. The third kappa shape index (κ3) is 3.43. The Labute approximate surface area is 188 Å². The van der Waals surface area contributed by atoms with Crippen LogP contribution in [0.3, 0.4) is 0 Å². The molecule has 2 nitrogen and oxygen atoms in total. The zero-order valence-electron chi connectivity index (χ0n) is 16.0. The molecule has 2 aliphatic carbocycles. The Bertz CT molecular complexity index is 806. The fraction of sp³-hybridized carbons (Fsp3) is 0.400. The van der Waals surface area contributed by atoms with Crippen LogP contribution in [-0.4, -0.2) is 8.07 Å². The van der Waals surface area contributed by atoms with E-state index in [1.165, 1.54) is 33.8 Å². The van der Waals surface area contributed by atoms with Crippen molar-refractivity contribution < 1.29 is 59.9 Å². The molecule has 2 atom stereocenters. The molecule has 0 fully saturated rings. The first kappa shape index (κ1) is 23.8. The summed E-state index contributed by atoms with van der Waals surface area (Å²) in [6, 6.07) is 4.34. The molecular weight excluding hydrogens is 462 g/mol. The Kier molecular flexibility index (Phi) is 7.30. The number of hydrogen-bond donors (Lipinski definition) is 0. The minimum absolute atomic E-state index is 0. The van der Waals surface area contributed by atoms with Crippen LogP contribution < -0.4 is 24.8 Å². The summed E-state index contributed by atoms with van der Waals surface area (Å²) in [5.41, 5.74) is 6.30. The SMILES string of the molecule is CC1=Cc2cc(C)oc2C1[Si](C)(C)C1C(C)=Cc2cc(C)oc21.[Cl-].[Cl-].[Zr+2]. The molecule has 0 aliphatic heterocycles. The van der Waals surface area contributed by atoms with Crippen molar-refractivity contribution in [1.29, 1.82) is 0 Å². The van der Waals surface area contributed by atoms with Crippen LogP contribution in [0.1, 0.15) is 59.1 Å². The van der Waals surface area contributed by atoms with Gasteiger partial charge in [-0.2, -0.15) is 0 Å². The predicted octanol–water partition coefficient (Wildman–Crippen LogP) is -0.0171. The van der Waals surface area contributed by atoms with Crippen LogP contribution in [-0.2, 0) is 26.2 Å². The van der Waals surface area contributed by atoms with Gasteiger partial charge in [0.2, 0.25) is 0 Å². The number of halogens is 2. The monoisotopic (exact) mass is 484 g/mol.